The van der Waals surface area contributed by atoms with Gasteiger partial charge in [-0.15, -0.1) is 0 Å². The lowest BCUT2D eigenvalue weighted by Crippen LogP contribution is -2.44. The summed E-state index contributed by atoms with van der Waals surface area (Å²) in [4.78, 5) is 31.5. The fourth-order valence-electron chi connectivity index (χ4n) is 4.58. The van der Waals surface area contributed by atoms with Gasteiger partial charge in [-0.25, -0.2) is 9.97 Å². The molecule has 0 amide bonds. The minimum absolute atomic E-state index is 0.281. The third-order valence-corrected chi connectivity index (χ3v) is 7.34. The van der Waals surface area contributed by atoms with Gasteiger partial charge in [0.2, 0.25) is 5.95 Å². The molecule has 0 bridgehead atoms. The Morgan fingerprint density at radius 2 is 1.59 bits per heavy atom. The molecule has 0 aliphatic carbocycles. The Morgan fingerprint density at radius 3 is 2.28 bits per heavy atom. The van der Waals surface area contributed by atoms with Crippen molar-refractivity contribution < 1.29 is 0 Å². The Kier molecular flexibility index (Phi) is 6.86. The lowest BCUT2D eigenvalue weighted by molar-refractivity contribution is 0.313. The van der Waals surface area contributed by atoms with Crippen molar-refractivity contribution in [3.63, 3.8) is 0 Å². The molecule has 0 atom stereocenters. The predicted molar refractivity (Wildman–Crippen MR) is 156 cm³/mol. The molecule has 1 N–H and O–H groups in total. The Bertz CT molecular complexity index is 1680. The highest BCUT2D eigenvalue weighted by atomic mass is 35.5. The summed E-state index contributed by atoms with van der Waals surface area (Å²) in [6, 6.07) is 16.8. The molecule has 1 saturated heterocycles. The number of rotatable bonds is 5. The van der Waals surface area contributed by atoms with Crippen LogP contribution in [0.25, 0.3) is 27.8 Å². The Morgan fingerprint density at radius 1 is 0.897 bits per heavy atom. The van der Waals surface area contributed by atoms with Gasteiger partial charge < -0.3 is 15.1 Å². The quantitative estimate of drug-likeness (QED) is 0.320. The molecule has 0 radical (unpaired) electrons. The Hall–Kier alpha value is -4.05. The van der Waals surface area contributed by atoms with Crippen LogP contribution in [-0.4, -0.2) is 62.9 Å². The average Bonchev–Trinajstić information content (AvgIpc) is 2.95. The van der Waals surface area contributed by atoms with Gasteiger partial charge in [-0.2, -0.15) is 9.78 Å². The van der Waals surface area contributed by atoms with Gasteiger partial charge in [0.15, 0.2) is 0 Å². The molecule has 196 valence electrons. The highest BCUT2D eigenvalue weighted by Gasteiger charge is 2.19. The largest absolute Gasteiger partial charge is 0.369 e. The maximum atomic E-state index is 13.6. The molecule has 1 fully saturated rings. The monoisotopic (exact) mass is 558 g/mol. The molecule has 0 spiro atoms. The van der Waals surface area contributed by atoms with Gasteiger partial charge in [-0.1, -0.05) is 29.3 Å². The number of benzene rings is 2. The first-order chi connectivity index (χ1) is 19.0. The second-order valence-corrected chi connectivity index (χ2v) is 10.1. The number of nitrogens with zero attached hydrogens (tertiary/aromatic N) is 7. The predicted octanol–water partition coefficient (Wildman–Crippen LogP) is 5.04. The molecule has 4 heterocycles. The van der Waals surface area contributed by atoms with Gasteiger partial charge in [0.05, 0.1) is 15.4 Å². The second kappa shape index (κ2) is 10.6. The first-order valence-corrected chi connectivity index (χ1v) is 13.2. The fourth-order valence-corrected chi connectivity index (χ4v) is 5.14. The van der Waals surface area contributed by atoms with E-state index >= 15 is 0 Å². The van der Waals surface area contributed by atoms with E-state index in [-0.39, 0.29) is 5.39 Å². The van der Waals surface area contributed by atoms with Crippen LogP contribution in [0.1, 0.15) is 0 Å². The van der Waals surface area contributed by atoms with Crippen LogP contribution in [0.15, 0.2) is 78.0 Å². The van der Waals surface area contributed by atoms with E-state index in [0.29, 0.717) is 32.9 Å². The second-order valence-electron chi connectivity index (χ2n) is 9.29. The number of likely N-dealkylation sites (N-methyl/N-ethyl adjacent to an activating group) is 1. The third-order valence-electron chi connectivity index (χ3n) is 6.73. The molecule has 11 heteroatoms. The van der Waals surface area contributed by atoms with E-state index in [9.17, 15) is 4.79 Å². The van der Waals surface area contributed by atoms with Crippen LogP contribution in [0.4, 0.5) is 17.3 Å². The summed E-state index contributed by atoms with van der Waals surface area (Å²) in [7, 11) is 2.14. The Labute approximate surface area is 234 Å². The standard InChI is InChI=1S/C28H24Cl2N8O/c1-36-13-15-37(16-14-36)20-7-5-19(6-8-20)33-28-32-17-21-25(34-28)24(18-9-11-31-12-10-18)35-38(27(21)39)26-22(29)3-2-4-23(26)30/h2-12,17H,13-16H2,1H3,(H,32,33,34). The van der Waals surface area contributed by atoms with Gasteiger partial charge in [0, 0.05) is 61.7 Å². The van der Waals surface area contributed by atoms with Crippen LogP contribution >= 0.6 is 23.2 Å². The highest BCUT2D eigenvalue weighted by Crippen LogP contribution is 2.30. The number of pyridine rings is 1. The smallest absolute Gasteiger partial charge is 0.282 e. The summed E-state index contributed by atoms with van der Waals surface area (Å²) >= 11 is 12.9. The number of hydrogen-bond acceptors (Lipinski definition) is 8. The van der Waals surface area contributed by atoms with Crippen LogP contribution in [0, 0.1) is 0 Å². The first-order valence-electron chi connectivity index (χ1n) is 12.4. The van der Waals surface area contributed by atoms with Crippen LogP contribution in [-0.2, 0) is 0 Å². The molecule has 5 aromatic rings. The van der Waals surface area contributed by atoms with Gasteiger partial charge in [-0.3, -0.25) is 9.78 Å². The lowest BCUT2D eigenvalue weighted by atomic mass is 10.1. The van der Waals surface area contributed by atoms with E-state index in [1.54, 1.807) is 42.7 Å². The maximum absolute atomic E-state index is 13.6. The summed E-state index contributed by atoms with van der Waals surface area (Å²) in [5.74, 6) is 0.347. The fraction of sp³-hybridized carbons (Fsp3) is 0.179. The van der Waals surface area contributed by atoms with Gasteiger partial charge in [0.25, 0.3) is 5.56 Å². The molecule has 3 aromatic heterocycles. The zero-order chi connectivity index (χ0) is 26.9. The number of aromatic nitrogens is 5. The third kappa shape index (κ3) is 5.04. The lowest BCUT2D eigenvalue weighted by Gasteiger charge is -2.34. The van der Waals surface area contributed by atoms with Crippen LogP contribution < -0.4 is 15.8 Å². The van der Waals surface area contributed by atoms with Crippen molar-refractivity contribution in [2.45, 2.75) is 0 Å². The molecular formula is C28H24Cl2N8O. The van der Waals surface area contributed by atoms with Crippen LogP contribution in [0.2, 0.25) is 10.0 Å². The molecule has 1 aliphatic rings. The number of nitrogens with one attached hydrogen (secondary N) is 1. The van der Waals surface area contributed by atoms with Crippen molar-refractivity contribution in [3.8, 4) is 16.9 Å². The number of fused-ring (bicyclic) bond motifs is 1. The highest BCUT2D eigenvalue weighted by molar-refractivity contribution is 6.37. The zero-order valence-electron chi connectivity index (χ0n) is 21.1. The summed E-state index contributed by atoms with van der Waals surface area (Å²) in [5.41, 5.74) is 3.48. The summed E-state index contributed by atoms with van der Waals surface area (Å²) < 4.78 is 1.20. The van der Waals surface area contributed by atoms with Crippen molar-refractivity contribution in [3.05, 3.63) is 93.6 Å². The summed E-state index contributed by atoms with van der Waals surface area (Å²) in [5, 5.41) is 8.80. The molecule has 0 saturated carbocycles. The number of hydrogen-bond donors (Lipinski definition) is 1. The Balaban J connectivity index is 1.40. The van der Waals surface area contributed by atoms with Crippen molar-refractivity contribution in [2.24, 2.45) is 0 Å². The maximum Gasteiger partial charge on any atom is 0.282 e. The van der Waals surface area contributed by atoms with Gasteiger partial charge >= 0.3 is 0 Å². The first kappa shape index (κ1) is 25.2. The van der Waals surface area contributed by atoms with Crippen LogP contribution in [0.3, 0.4) is 0 Å². The molecular weight excluding hydrogens is 535 g/mol. The average molecular weight is 559 g/mol. The summed E-state index contributed by atoms with van der Waals surface area (Å²) in [6.45, 7) is 4.09. The van der Waals surface area contributed by atoms with E-state index in [0.717, 1.165) is 37.4 Å². The molecule has 0 unspecified atom stereocenters. The number of anilines is 3. The minimum Gasteiger partial charge on any atom is -0.369 e. The molecule has 39 heavy (non-hydrogen) atoms. The molecule has 1 aliphatic heterocycles. The van der Waals surface area contributed by atoms with E-state index in [4.69, 9.17) is 28.2 Å². The molecule has 9 nitrogen and oxygen atoms in total. The number of para-hydroxylation sites is 1. The zero-order valence-corrected chi connectivity index (χ0v) is 22.6. The van der Waals surface area contributed by atoms with Gasteiger partial charge in [-0.05, 0) is 55.6 Å². The number of halogens is 2. The van der Waals surface area contributed by atoms with Crippen molar-refractivity contribution >= 4 is 51.4 Å². The normalized spacial score (nSPS) is 14.1. The minimum atomic E-state index is -0.430. The topological polar surface area (TPSA) is 92.1 Å². The number of piperazine rings is 1. The van der Waals surface area contributed by atoms with Crippen LogP contribution in [0.5, 0.6) is 0 Å². The molecule has 2 aromatic carbocycles. The SMILES string of the molecule is CN1CCN(c2ccc(Nc3ncc4c(=O)n(-c5c(Cl)cccc5Cl)nc(-c5ccncc5)c4n3)cc2)CC1. The summed E-state index contributed by atoms with van der Waals surface area (Å²) in [6.07, 6.45) is 4.81. The van der Waals surface area contributed by atoms with Crippen molar-refractivity contribution in [2.75, 3.05) is 43.4 Å². The van der Waals surface area contributed by atoms with E-state index in [1.807, 2.05) is 12.1 Å². The van der Waals surface area contributed by atoms with Crippen molar-refractivity contribution in [1.29, 1.82) is 0 Å². The van der Waals surface area contributed by atoms with Gasteiger partial charge in [0.1, 0.15) is 16.9 Å². The van der Waals surface area contributed by atoms with E-state index < -0.39 is 5.56 Å². The van der Waals surface area contributed by atoms with Crippen molar-refractivity contribution in [1.82, 2.24) is 29.6 Å². The molecule has 6 rings (SSSR count). The van der Waals surface area contributed by atoms with E-state index in [2.05, 4.69) is 49.4 Å². The van der Waals surface area contributed by atoms with E-state index in [1.165, 1.54) is 16.6 Å².